The predicted octanol–water partition coefficient (Wildman–Crippen LogP) is 28.1. The first-order valence-electron chi connectivity index (χ1n) is 37.6. The van der Waals surface area contributed by atoms with E-state index < -0.39 is 0 Å². The first-order chi connectivity index (χ1) is 54.6. The van der Waals surface area contributed by atoms with Gasteiger partial charge in [-0.05, 0) is 211 Å². The third-order valence-corrected chi connectivity index (χ3v) is 24.0. The second-order valence-corrected chi connectivity index (χ2v) is 29.9. The van der Waals surface area contributed by atoms with Gasteiger partial charge in [-0.3, -0.25) is 0 Å². The fourth-order valence-electron chi connectivity index (χ4n) is 18.1. The molecule has 0 unspecified atom stereocenters. The van der Waals surface area contributed by atoms with E-state index in [0.29, 0.717) is 0 Å². The molecule has 0 amide bonds. The van der Waals surface area contributed by atoms with Crippen LogP contribution in [0.25, 0.3) is 169 Å². The van der Waals surface area contributed by atoms with Crippen LogP contribution < -0.4 is 9.80 Å². The molecule has 0 aliphatic heterocycles. The Morgan fingerprint density at radius 2 is 0.464 bits per heavy atom. The van der Waals surface area contributed by atoms with E-state index in [-0.39, 0.29) is 0 Å². The summed E-state index contributed by atoms with van der Waals surface area (Å²) in [7, 11) is 0. The molecule has 17 aromatic carbocycles. The second-order valence-electron chi connectivity index (χ2n) is 28.8. The van der Waals surface area contributed by atoms with E-state index in [2.05, 4.69) is 427 Å². The number of hydrogen-bond acceptors (Lipinski definition) is 3. The maximum atomic E-state index is 2.53. The summed E-state index contributed by atoms with van der Waals surface area (Å²) < 4.78 is 14.7. The molecule has 0 aliphatic rings. The van der Waals surface area contributed by atoms with E-state index in [9.17, 15) is 0 Å². The summed E-state index contributed by atoms with van der Waals surface area (Å²) in [6.45, 7) is 0. The third-order valence-electron chi connectivity index (χ3n) is 22.8. The van der Waals surface area contributed by atoms with Crippen molar-refractivity contribution in [3.05, 3.63) is 394 Å². The number of aromatic nitrogens is 5. The second kappa shape index (κ2) is 24.6. The van der Waals surface area contributed by atoms with Crippen LogP contribution in [0.5, 0.6) is 0 Å². The van der Waals surface area contributed by atoms with E-state index in [1.165, 1.54) is 58.0 Å². The Hall–Kier alpha value is -14.4. The van der Waals surface area contributed by atoms with Crippen LogP contribution in [0.4, 0.5) is 34.1 Å². The molecule has 23 aromatic rings. The Kier molecular flexibility index (Phi) is 13.8. The van der Waals surface area contributed by atoms with Crippen molar-refractivity contribution < 1.29 is 0 Å². The van der Waals surface area contributed by atoms with Gasteiger partial charge in [-0.15, -0.1) is 11.3 Å². The van der Waals surface area contributed by atoms with Gasteiger partial charge in [0.15, 0.2) is 0 Å². The number of para-hydroxylation sites is 9. The fourth-order valence-corrected chi connectivity index (χ4v) is 19.3. The molecule has 0 saturated heterocycles. The van der Waals surface area contributed by atoms with Crippen LogP contribution in [-0.2, 0) is 0 Å². The molecule has 514 valence electrons. The molecule has 0 N–H and O–H groups in total. The summed E-state index contributed by atoms with van der Waals surface area (Å²) >= 11 is 1.89. The van der Waals surface area contributed by atoms with Crippen molar-refractivity contribution in [2.45, 2.75) is 0 Å². The number of nitrogens with zero attached hydrogens (tertiary/aromatic N) is 7. The lowest BCUT2D eigenvalue weighted by atomic mass is 9.99. The van der Waals surface area contributed by atoms with Crippen LogP contribution in [0, 0.1) is 0 Å². The van der Waals surface area contributed by atoms with Crippen molar-refractivity contribution in [3.8, 4) is 39.6 Å². The lowest BCUT2D eigenvalue weighted by Gasteiger charge is -2.31. The third kappa shape index (κ3) is 9.49. The minimum Gasteiger partial charge on any atom is -0.310 e. The Balaban J connectivity index is 0.842. The molecule has 23 rings (SSSR count). The minimum absolute atomic E-state index is 0.988. The summed E-state index contributed by atoms with van der Waals surface area (Å²) in [4.78, 5) is 5.06. The molecule has 7 nitrogen and oxygen atoms in total. The van der Waals surface area contributed by atoms with Gasteiger partial charge in [-0.2, -0.15) is 0 Å². The molecule has 0 atom stereocenters. The summed E-state index contributed by atoms with van der Waals surface area (Å²) in [5, 5.41) is 14.3. The smallest absolute Gasteiger partial charge is 0.0555 e. The number of fused-ring (bicyclic) bond motifs is 19. The van der Waals surface area contributed by atoms with Gasteiger partial charge in [0.05, 0.1) is 55.2 Å². The van der Waals surface area contributed by atoms with Gasteiger partial charge in [0.2, 0.25) is 0 Å². The monoisotopic (exact) mass is 1420 g/mol. The van der Waals surface area contributed by atoms with E-state index in [1.807, 2.05) is 11.3 Å². The van der Waals surface area contributed by atoms with Gasteiger partial charge < -0.3 is 32.6 Å². The van der Waals surface area contributed by atoms with Crippen molar-refractivity contribution in [1.29, 1.82) is 0 Å². The molecular weight excluding hydrogens is 1360 g/mol. The average Bonchev–Trinajstić information content (AvgIpc) is 1.55. The topological polar surface area (TPSA) is 31.1 Å². The largest absolute Gasteiger partial charge is 0.310 e. The lowest BCUT2D eigenvalue weighted by Crippen LogP contribution is -2.14. The Morgan fingerprint density at radius 1 is 0.173 bits per heavy atom. The normalized spacial score (nSPS) is 12.0. The molecule has 0 bridgehead atoms. The molecule has 0 spiro atoms. The highest BCUT2D eigenvalue weighted by atomic mass is 32.1. The first kappa shape index (κ1) is 61.8. The maximum Gasteiger partial charge on any atom is 0.0555 e. The molecule has 0 aliphatic carbocycles. The van der Waals surface area contributed by atoms with Crippen molar-refractivity contribution in [3.63, 3.8) is 0 Å². The fraction of sp³-hybridized carbons (Fsp3) is 0. The molecule has 8 heteroatoms. The van der Waals surface area contributed by atoms with E-state index in [1.54, 1.807) is 0 Å². The van der Waals surface area contributed by atoms with Gasteiger partial charge in [-0.25, -0.2) is 0 Å². The van der Waals surface area contributed by atoms with E-state index in [0.717, 1.165) is 145 Å². The summed E-state index contributed by atoms with van der Waals surface area (Å²) in [6.07, 6.45) is 0. The molecule has 0 radical (unpaired) electrons. The first-order valence-corrected chi connectivity index (χ1v) is 38.4. The Morgan fingerprint density at radius 3 is 0.836 bits per heavy atom. The van der Waals surface area contributed by atoms with Gasteiger partial charge in [0.1, 0.15) is 0 Å². The van der Waals surface area contributed by atoms with Gasteiger partial charge in [0, 0.05) is 137 Å². The standard InChI is InChI=1S/C102H65N7S/c1-6-26-68(27-7-1)105-90-41-21-16-36-79(90)85-62-73(47-53-94(85)105)103(74-48-54-95-86(63-74)80-37-17-22-42-91(80)106(95)69-28-8-2-9-29-69)77-58-67(66-46-52-98-89(60-66)101-99(109(98)72-34-14-5-15-35-72)57-51-84-83-40-20-25-45-100(83)110-102(84)101)59-78(61-77)104(75-49-55-96-87(64-75)81-38-18-23-43-92(81)107(96)70-30-10-3-11-31-70)76-50-56-97-88(65-76)82-39-19-24-44-93(82)108(97)71-32-12-4-13-33-71/h1-65H. The molecular formula is C102H65N7S. The zero-order valence-corrected chi connectivity index (χ0v) is 60.4. The molecule has 0 fully saturated rings. The minimum atomic E-state index is 0.988. The Labute approximate surface area is 636 Å². The highest BCUT2D eigenvalue weighted by Gasteiger charge is 2.27. The summed E-state index contributed by atoms with van der Waals surface area (Å²) in [5.41, 5.74) is 25.2. The number of anilines is 6. The number of benzene rings is 17. The number of rotatable bonds is 12. The van der Waals surface area contributed by atoms with Crippen LogP contribution in [-0.4, -0.2) is 22.8 Å². The van der Waals surface area contributed by atoms with E-state index in [4.69, 9.17) is 0 Å². The average molecular weight is 1420 g/mol. The number of thiophene rings is 1. The quantitative estimate of drug-likeness (QED) is 0.122. The van der Waals surface area contributed by atoms with E-state index >= 15 is 0 Å². The highest BCUT2D eigenvalue weighted by molar-refractivity contribution is 7.26. The summed E-state index contributed by atoms with van der Waals surface area (Å²) in [5.74, 6) is 0. The predicted molar refractivity (Wildman–Crippen MR) is 466 cm³/mol. The van der Waals surface area contributed by atoms with Crippen LogP contribution in [0.1, 0.15) is 0 Å². The van der Waals surface area contributed by atoms with Crippen molar-refractivity contribution in [1.82, 2.24) is 22.8 Å². The van der Waals surface area contributed by atoms with Crippen molar-refractivity contribution >= 4 is 175 Å². The SMILES string of the molecule is c1ccc(-n2c3ccccc3c3cc(N(c4cc(-c5ccc6c(c5)c5c7sc8ccccc8c7ccc5n6-c5ccccc5)cc(N(c5ccc6c(c5)c5ccccc5n6-c5ccccc5)c5ccc6c(c5)c5ccccc5n6-c5ccccc5)c4)c4ccc5c(c4)c4ccccc4n5-c4ccccc4)ccc32)cc1. The zero-order valence-electron chi connectivity index (χ0n) is 59.6. The molecule has 6 aromatic heterocycles. The van der Waals surface area contributed by atoms with Gasteiger partial charge in [0.25, 0.3) is 0 Å². The zero-order chi connectivity index (χ0) is 72.1. The van der Waals surface area contributed by atoms with Crippen molar-refractivity contribution in [2.24, 2.45) is 0 Å². The number of hydrogen-bond donors (Lipinski definition) is 0. The maximum absolute atomic E-state index is 2.53. The Bertz CT molecular complexity index is 7000. The van der Waals surface area contributed by atoms with Gasteiger partial charge >= 0.3 is 0 Å². The lowest BCUT2D eigenvalue weighted by molar-refractivity contribution is 1.18. The molecule has 110 heavy (non-hydrogen) atoms. The highest BCUT2D eigenvalue weighted by Crippen LogP contribution is 2.51. The molecule has 0 saturated carbocycles. The van der Waals surface area contributed by atoms with Crippen LogP contribution >= 0.6 is 11.3 Å². The van der Waals surface area contributed by atoms with Crippen LogP contribution in [0.2, 0.25) is 0 Å². The summed E-state index contributed by atoms with van der Waals surface area (Å²) in [6, 6.07) is 146. The molecule has 6 heterocycles. The van der Waals surface area contributed by atoms with Crippen molar-refractivity contribution in [2.75, 3.05) is 9.80 Å². The van der Waals surface area contributed by atoms with Gasteiger partial charge in [-0.1, -0.05) is 194 Å². The van der Waals surface area contributed by atoms with Crippen LogP contribution in [0.15, 0.2) is 394 Å². The van der Waals surface area contributed by atoms with Crippen LogP contribution in [0.3, 0.4) is 0 Å².